The molecule has 2 heterocycles. The summed E-state index contributed by atoms with van der Waals surface area (Å²) in [6, 6.07) is 4.31. The third-order valence-corrected chi connectivity index (χ3v) is 2.69. The number of nitrogens with one attached hydrogen (secondary N) is 2. The first-order chi connectivity index (χ1) is 7.77. The fourth-order valence-corrected chi connectivity index (χ4v) is 1.57. The van der Waals surface area contributed by atoms with E-state index in [1.165, 1.54) is 5.56 Å². The Morgan fingerprint density at radius 3 is 3.00 bits per heavy atom. The summed E-state index contributed by atoms with van der Waals surface area (Å²) in [6.45, 7) is 4.92. The Morgan fingerprint density at radius 1 is 1.50 bits per heavy atom. The van der Waals surface area contributed by atoms with Crippen molar-refractivity contribution in [3.8, 4) is 0 Å². The average molecular weight is 216 g/mol. The Kier molecular flexibility index (Phi) is 3.31. The number of aromatic amines is 1. The summed E-state index contributed by atoms with van der Waals surface area (Å²) in [5.74, 6) is 0. The van der Waals surface area contributed by atoms with Gasteiger partial charge in [-0.2, -0.15) is 0 Å². The number of rotatable bonds is 4. The molecular formula is C12H16N4. The van der Waals surface area contributed by atoms with E-state index < -0.39 is 0 Å². The lowest BCUT2D eigenvalue weighted by atomic mass is 10.1. The van der Waals surface area contributed by atoms with Gasteiger partial charge in [0.05, 0.1) is 12.0 Å². The molecule has 0 aliphatic carbocycles. The Balaban J connectivity index is 1.94. The van der Waals surface area contributed by atoms with Crippen LogP contribution in [0.5, 0.6) is 0 Å². The fraction of sp³-hybridized carbons (Fsp3) is 0.333. The molecule has 84 valence electrons. The molecule has 4 nitrogen and oxygen atoms in total. The van der Waals surface area contributed by atoms with Crippen molar-refractivity contribution in [2.24, 2.45) is 0 Å². The molecule has 0 aliphatic heterocycles. The minimum absolute atomic E-state index is 0.282. The van der Waals surface area contributed by atoms with E-state index in [1.54, 1.807) is 12.5 Å². The van der Waals surface area contributed by atoms with E-state index in [9.17, 15) is 0 Å². The Hall–Kier alpha value is -1.68. The quantitative estimate of drug-likeness (QED) is 0.821. The molecule has 4 heteroatoms. The van der Waals surface area contributed by atoms with E-state index in [0.717, 1.165) is 17.9 Å². The summed E-state index contributed by atoms with van der Waals surface area (Å²) in [6.07, 6.45) is 5.39. The van der Waals surface area contributed by atoms with Crippen LogP contribution in [0.25, 0.3) is 0 Å². The molecule has 0 amide bonds. The molecule has 2 rings (SSSR count). The highest BCUT2D eigenvalue weighted by atomic mass is 15.0. The highest BCUT2D eigenvalue weighted by Gasteiger charge is 2.06. The highest BCUT2D eigenvalue weighted by Crippen LogP contribution is 2.11. The fourth-order valence-electron chi connectivity index (χ4n) is 1.57. The van der Waals surface area contributed by atoms with E-state index in [0.29, 0.717) is 0 Å². The predicted octanol–water partition coefficient (Wildman–Crippen LogP) is 1.96. The summed E-state index contributed by atoms with van der Waals surface area (Å²) < 4.78 is 0. The van der Waals surface area contributed by atoms with Crippen LogP contribution in [0.4, 0.5) is 0 Å². The van der Waals surface area contributed by atoms with Crippen molar-refractivity contribution in [2.75, 3.05) is 0 Å². The number of hydrogen-bond acceptors (Lipinski definition) is 3. The van der Waals surface area contributed by atoms with Crippen molar-refractivity contribution < 1.29 is 0 Å². The van der Waals surface area contributed by atoms with Gasteiger partial charge in [0.2, 0.25) is 0 Å². The Labute approximate surface area is 95.1 Å². The lowest BCUT2D eigenvalue weighted by molar-refractivity contribution is 0.566. The van der Waals surface area contributed by atoms with Gasteiger partial charge in [0.25, 0.3) is 0 Å². The van der Waals surface area contributed by atoms with Crippen LogP contribution < -0.4 is 5.32 Å². The van der Waals surface area contributed by atoms with Crippen LogP contribution in [-0.4, -0.2) is 15.0 Å². The van der Waals surface area contributed by atoms with Crippen LogP contribution in [-0.2, 0) is 6.54 Å². The standard InChI is InChI=1S/C12H16N4/c1-9(11-4-3-5-13-6-11)14-7-12-10(2)15-8-16-12/h3-6,8-9,14H,7H2,1-2H3,(H,15,16). The molecule has 0 bridgehead atoms. The molecular weight excluding hydrogens is 200 g/mol. The van der Waals surface area contributed by atoms with Gasteiger partial charge in [-0.25, -0.2) is 4.98 Å². The zero-order chi connectivity index (χ0) is 11.4. The molecule has 2 aromatic heterocycles. The van der Waals surface area contributed by atoms with Crippen molar-refractivity contribution in [2.45, 2.75) is 26.4 Å². The van der Waals surface area contributed by atoms with Crippen molar-refractivity contribution in [1.29, 1.82) is 0 Å². The van der Waals surface area contributed by atoms with Gasteiger partial charge in [0.1, 0.15) is 0 Å². The second-order valence-corrected chi connectivity index (χ2v) is 3.86. The molecule has 1 atom stereocenters. The largest absolute Gasteiger partial charge is 0.348 e. The number of aromatic nitrogens is 3. The molecule has 0 aliphatic rings. The third kappa shape index (κ3) is 2.46. The molecule has 0 saturated carbocycles. The molecule has 2 N–H and O–H groups in total. The van der Waals surface area contributed by atoms with Crippen LogP contribution in [0.3, 0.4) is 0 Å². The van der Waals surface area contributed by atoms with Crippen molar-refractivity contribution in [3.05, 3.63) is 47.8 Å². The van der Waals surface area contributed by atoms with Gasteiger partial charge in [0, 0.05) is 30.7 Å². The maximum absolute atomic E-state index is 4.25. The predicted molar refractivity (Wildman–Crippen MR) is 62.8 cm³/mol. The molecule has 0 saturated heterocycles. The maximum Gasteiger partial charge on any atom is 0.0925 e. The van der Waals surface area contributed by atoms with Crippen molar-refractivity contribution in [3.63, 3.8) is 0 Å². The van der Waals surface area contributed by atoms with E-state index in [-0.39, 0.29) is 6.04 Å². The van der Waals surface area contributed by atoms with Crippen LogP contribution in [0.15, 0.2) is 30.9 Å². The van der Waals surface area contributed by atoms with E-state index in [2.05, 4.69) is 33.3 Å². The van der Waals surface area contributed by atoms with Gasteiger partial charge in [0.15, 0.2) is 0 Å². The minimum atomic E-state index is 0.282. The first kappa shape index (κ1) is 10.8. The number of H-pyrrole nitrogens is 1. The third-order valence-electron chi connectivity index (χ3n) is 2.69. The zero-order valence-corrected chi connectivity index (χ0v) is 9.57. The van der Waals surface area contributed by atoms with Gasteiger partial charge in [-0.3, -0.25) is 4.98 Å². The SMILES string of the molecule is Cc1[nH]cnc1CNC(C)c1cccnc1. The molecule has 2 aromatic rings. The van der Waals surface area contributed by atoms with E-state index in [4.69, 9.17) is 0 Å². The van der Waals surface area contributed by atoms with E-state index >= 15 is 0 Å². The lowest BCUT2D eigenvalue weighted by Crippen LogP contribution is -2.18. The lowest BCUT2D eigenvalue weighted by Gasteiger charge is -2.12. The van der Waals surface area contributed by atoms with Crippen LogP contribution in [0.2, 0.25) is 0 Å². The number of aryl methyl sites for hydroxylation is 1. The molecule has 0 radical (unpaired) electrons. The van der Waals surface area contributed by atoms with Gasteiger partial charge in [-0.15, -0.1) is 0 Å². The molecule has 16 heavy (non-hydrogen) atoms. The van der Waals surface area contributed by atoms with Crippen LogP contribution in [0.1, 0.15) is 29.9 Å². The van der Waals surface area contributed by atoms with Gasteiger partial charge in [-0.05, 0) is 25.5 Å². The smallest absolute Gasteiger partial charge is 0.0925 e. The number of hydrogen-bond donors (Lipinski definition) is 2. The van der Waals surface area contributed by atoms with E-state index in [1.807, 2.05) is 19.2 Å². The summed E-state index contributed by atoms with van der Waals surface area (Å²) >= 11 is 0. The van der Waals surface area contributed by atoms with Crippen molar-refractivity contribution >= 4 is 0 Å². The van der Waals surface area contributed by atoms with Crippen molar-refractivity contribution in [1.82, 2.24) is 20.3 Å². The number of imidazole rings is 1. The van der Waals surface area contributed by atoms with Gasteiger partial charge < -0.3 is 10.3 Å². The Morgan fingerprint density at radius 2 is 2.38 bits per heavy atom. The summed E-state index contributed by atoms with van der Waals surface area (Å²) in [5.41, 5.74) is 3.37. The molecule has 0 fully saturated rings. The summed E-state index contributed by atoms with van der Waals surface area (Å²) in [5, 5.41) is 3.42. The van der Waals surface area contributed by atoms with Gasteiger partial charge in [-0.1, -0.05) is 6.07 Å². The Bertz CT molecular complexity index is 435. The number of pyridine rings is 1. The molecule has 0 spiro atoms. The second kappa shape index (κ2) is 4.90. The van der Waals surface area contributed by atoms with Crippen LogP contribution >= 0.6 is 0 Å². The molecule has 0 aromatic carbocycles. The van der Waals surface area contributed by atoms with Crippen LogP contribution in [0, 0.1) is 6.92 Å². The number of nitrogens with zero attached hydrogens (tertiary/aromatic N) is 2. The normalized spacial score (nSPS) is 12.6. The monoisotopic (exact) mass is 216 g/mol. The molecule has 1 unspecified atom stereocenters. The summed E-state index contributed by atoms with van der Waals surface area (Å²) in [4.78, 5) is 11.4. The average Bonchev–Trinajstić information content (AvgIpc) is 2.73. The van der Waals surface area contributed by atoms with Gasteiger partial charge >= 0.3 is 0 Å². The highest BCUT2D eigenvalue weighted by molar-refractivity contribution is 5.14. The topological polar surface area (TPSA) is 53.6 Å². The first-order valence-electron chi connectivity index (χ1n) is 5.39. The zero-order valence-electron chi connectivity index (χ0n) is 9.57. The second-order valence-electron chi connectivity index (χ2n) is 3.86. The minimum Gasteiger partial charge on any atom is -0.348 e. The first-order valence-corrected chi connectivity index (χ1v) is 5.39. The summed E-state index contributed by atoms with van der Waals surface area (Å²) in [7, 11) is 0. The maximum atomic E-state index is 4.25.